The first-order valence-corrected chi connectivity index (χ1v) is 7.92. The molecule has 5 heteroatoms. The van der Waals surface area contributed by atoms with Crippen LogP contribution in [0, 0.1) is 0 Å². The molecule has 0 heterocycles. The lowest BCUT2D eigenvalue weighted by Gasteiger charge is -2.09. The number of benzene rings is 2. The van der Waals surface area contributed by atoms with Crippen molar-refractivity contribution in [1.29, 1.82) is 0 Å². The molecule has 0 spiro atoms. The maximum absolute atomic E-state index is 6.04. The van der Waals surface area contributed by atoms with Crippen LogP contribution in [0.25, 0.3) is 0 Å². The highest BCUT2D eigenvalue weighted by atomic mass is 35.5. The molecule has 1 N–H and O–H groups in total. The largest absolute Gasteiger partial charge is 0.496 e. The summed E-state index contributed by atoms with van der Waals surface area (Å²) in [5, 5.41) is 4.91. The van der Waals surface area contributed by atoms with Crippen LogP contribution < -0.4 is 14.9 Å². The molecule has 0 aromatic heterocycles. The molecule has 0 bridgehead atoms. The fourth-order valence-electron chi connectivity index (χ4n) is 2.06. The van der Waals surface area contributed by atoms with Crippen molar-refractivity contribution in [3.8, 4) is 11.5 Å². The first-order valence-electron chi connectivity index (χ1n) is 7.54. The highest BCUT2D eigenvalue weighted by Crippen LogP contribution is 2.21. The number of halogens is 1. The molecule has 0 aliphatic carbocycles. The van der Waals surface area contributed by atoms with Crippen molar-refractivity contribution in [2.75, 3.05) is 13.7 Å². The fourth-order valence-corrected chi connectivity index (χ4v) is 2.24. The quantitative estimate of drug-likeness (QED) is 0.580. The van der Waals surface area contributed by atoms with Gasteiger partial charge >= 0.3 is 0 Å². The van der Waals surface area contributed by atoms with Gasteiger partial charge in [-0.3, -0.25) is 0 Å². The van der Waals surface area contributed by atoms with Crippen molar-refractivity contribution in [2.45, 2.75) is 19.9 Å². The van der Waals surface area contributed by atoms with Gasteiger partial charge in [-0.1, -0.05) is 36.7 Å². The van der Waals surface area contributed by atoms with Gasteiger partial charge in [0.15, 0.2) is 0 Å². The topological polar surface area (TPSA) is 42.8 Å². The van der Waals surface area contributed by atoms with Crippen LogP contribution in [0.1, 0.15) is 24.5 Å². The number of nitrogens with zero attached hydrogens (tertiary/aromatic N) is 1. The van der Waals surface area contributed by atoms with Gasteiger partial charge in [-0.25, -0.2) is 0 Å². The summed E-state index contributed by atoms with van der Waals surface area (Å²) in [6.07, 6.45) is 2.66. The summed E-state index contributed by atoms with van der Waals surface area (Å²) in [7, 11) is 1.66. The minimum absolute atomic E-state index is 0.576. The molecule has 2 aromatic rings. The Morgan fingerprint density at radius 2 is 2.00 bits per heavy atom. The summed E-state index contributed by atoms with van der Waals surface area (Å²) in [6, 6.07) is 13.3. The van der Waals surface area contributed by atoms with Crippen LogP contribution in [0.4, 0.5) is 0 Å². The molecule has 122 valence electrons. The molecular formula is C18H21ClN2O2. The Morgan fingerprint density at radius 1 is 1.17 bits per heavy atom. The van der Waals surface area contributed by atoms with Crippen molar-refractivity contribution in [2.24, 2.45) is 5.10 Å². The van der Waals surface area contributed by atoms with Crippen LogP contribution in [0.5, 0.6) is 11.5 Å². The molecule has 0 unspecified atom stereocenters. The summed E-state index contributed by atoms with van der Waals surface area (Å²) < 4.78 is 11.0. The zero-order valence-electron chi connectivity index (χ0n) is 13.4. The van der Waals surface area contributed by atoms with E-state index >= 15 is 0 Å². The monoisotopic (exact) mass is 332 g/mol. The van der Waals surface area contributed by atoms with Gasteiger partial charge in [-0.05, 0) is 30.7 Å². The second-order valence-corrected chi connectivity index (χ2v) is 5.37. The number of hydrogen-bond acceptors (Lipinski definition) is 4. The summed E-state index contributed by atoms with van der Waals surface area (Å²) in [6.45, 7) is 3.31. The number of hydrogen-bond donors (Lipinski definition) is 1. The fraction of sp³-hybridized carbons (Fsp3) is 0.278. The van der Waals surface area contributed by atoms with E-state index in [1.807, 2.05) is 42.5 Å². The maximum atomic E-state index is 6.04. The van der Waals surface area contributed by atoms with E-state index in [0.717, 1.165) is 29.0 Å². The van der Waals surface area contributed by atoms with E-state index in [9.17, 15) is 0 Å². The predicted molar refractivity (Wildman–Crippen MR) is 94.7 cm³/mol. The van der Waals surface area contributed by atoms with Gasteiger partial charge in [0.25, 0.3) is 0 Å². The van der Waals surface area contributed by atoms with Crippen molar-refractivity contribution in [1.82, 2.24) is 5.43 Å². The number of methoxy groups -OCH3 is 1. The number of rotatable bonds is 8. The van der Waals surface area contributed by atoms with Gasteiger partial charge < -0.3 is 14.9 Å². The number of nitrogens with one attached hydrogen (secondary N) is 1. The van der Waals surface area contributed by atoms with Crippen LogP contribution in [-0.2, 0) is 6.54 Å². The summed E-state index contributed by atoms with van der Waals surface area (Å²) in [5.74, 6) is 1.61. The third-order valence-corrected chi connectivity index (χ3v) is 3.43. The smallest absolute Gasteiger partial charge is 0.128 e. The Morgan fingerprint density at radius 3 is 2.78 bits per heavy atom. The standard InChI is InChI=1S/C18H21ClN2O2/c1-3-10-23-18-9-8-16(19)11-15(18)13-21-20-12-14-6-4-5-7-17(14)22-2/h4-9,11,13,20H,3,10,12H2,1-2H3/b21-13+. The molecule has 0 aliphatic rings. The Balaban J connectivity index is 2.01. The van der Waals surface area contributed by atoms with Crippen LogP contribution in [0.3, 0.4) is 0 Å². The third kappa shape index (κ3) is 5.18. The van der Waals surface area contributed by atoms with Gasteiger partial charge in [-0.2, -0.15) is 5.10 Å². The molecule has 4 nitrogen and oxygen atoms in total. The molecule has 2 rings (SSSR count). The van der Waals surface area contributed by atoms with Crippen molar-refractivity contribution < 1.29 is 9.47 Å². The van der Waals surface area contributed by atoms with E-state index in [-0.39, 0.29) is 0 Å². The van der Waals surface area contributed by atoms with E-state index in [2.05, 4.69) is 17.5 Å². The maximum Gasteiger partial charge on any atom is 0.128 e. The van der Waals surface area contributed by atoms with E-state index < -0.39 is 0 Å². The zero-order valence-corrected chi connectivity index (χ0v) is 14.1. The van der Waals surface area contributed by atoms with Gasteiger partial charge in [-0.15, -0.1) is 0 Å². The molecule has 0 saturated carbocycles. The first-order chi connectivity index (χ1) is 11.2. The molecule has 23 heavy (non-hydrogen) atoms. The molecule has 0 atom stereocenters. The Labute approximate surface area is 142 Å². The van der Waals surface area contributed by atoms with Gasteiger partial charge in [0.2, 0.25) is 0 Å². The molecule has 0 saturated heterocycles. The lowest BCUT2D eigenvalue weighted by atomic mass is 10.2. The van der Waals surface area contributed by atoms with Gasteiger partial charge in [0, 0.05) is 16.1 Å². The second kappa shape index (κ2) is 9.06. The summed E-state index contributed by atoms with van der Waals surface area (Å²) >= 11 is 6.04. The lowest BCUT2D eigenvalue weighted by molar-refractivity contribution is 0.317. The van der Waals surface area contributed by atoms with Crippen molar-refractivity contribution >= 4 is 17.8 Å². The normalized spacial score (nSPS) is 10.7. The van der Waals surface area contributed by atoms with Crippen LogP contribution in [-0.4, -0.2) is 19.9 Å². The molecule has 0 amide bonds. The van der Waals surface area contributed by atoms with Crippen LogP contribution >= 0.6 is 11.6 Å². The van der Waals surface area contributed by atoms with Gasteiger partial charge in [0.05, 0.1) is 26.5 Å². The van der Waals surface area contributed by atoms with Crippen LogP contribution in [0.15, 0.2) is 47.6 Å². The first kappa shape index (κ1) is 17.2. The average Bonchev–Trinajstić information content (AvgIpc) is 2.58. The van der Waals surface area contributed by atoms with Crippen molar-refractivity contribution in [3.05, 3.63) is 58.6 Å². The van der Waals surface area contributed by atoms with Crippen LogP contribution in [0.2, 0.25) is 5.02 Å². The Kier molecular flexibility index (Phi) is 6.76. The lowest BCUT2D eigenvalue weighted by Crippen LogP contribution is -2.07. The SMILES string of the molecule is CCCOc1ccc(Cl)cc1/C=N/NCc1ccccc1OC. The van der Waals surface area contributed by atoms with E-state index in [4.69, 9.17) is 21.1 Å². The minimum atomic E-state index is 0.576. The summed E-state index contributed by atoms with van der Waals surface area (Å²) in [5.41, 5.74) is 4.91. The number of hydrazone groups is 1. The Hall–Kier alpha value is -2.20. The second-order valence-electron chi connectivity index (χ2n) is 4.94. The molecule has 0 fully saturated rings. The molecule has 2 aromatic carbocycles. The summed E-state index contributed by atoms with van der Waals surface area (Å²) in [4.78, 5) is 0. The van der Waals surface area contributed by atoms with E-state index in [1.54, 1.807) is 13.3 Å². The number of para-hydroxylation sites is 1. The average molecular weight is 333 g/mol. The Bertz CT molecular complexity index is 659. The van der Waals surface area contributed by atoms with E-state index in [0.29, 0.717) is 18.2 Å². The zero-order chi connectivity index (χ0) is 16.5. The van der Waals surface area contributed by atoms with Crippen molar-refractivity contribution in [3.63, 3.8) is 0 Å². The highest BCUT2D eigenvalue weighted by molar-refractivity contribution is 6.30. The minimum Gasteiger partial charge on any atom is -0.496 e. The van der Waals surface area contributed by atoms with Gasteiger partial charge in [0.1, 0.15) is 11.5 Å². The third-order valence-electron chi connectivity index (χ3n) is 3.19. The molecule has 0 aliphatic heterocycles. The predicted octanol–water partition coefficient (Wildman–Crippen LogP) is 4.26. The molecule has 0 radical (unpaired) electrons. The highest BCUT2D eigenvalue weighted by Gasteiger charge is 2.03. The number of ether oxygens (including phenoxy) is 2. The van der Waals surface area contributed by atoms with E-state index in [1.165, 1.54) is 0 Å². The molecular weight excluding hydrogens is 312 g/mol.